The molecule has 2 aromatic carbocycles. The minimum absolute atomic E-state index is 0.163. The van der Waals surface area contributed by atoms with Gasteiger partial charge < -0.3 is 16.0 Å². The smallest absolute Gasteiger partial charge is 0.372 e. The Morgan fingerprint density at radius 3 is 2.19 bits per heavy atom. The molecule has 3 nitrogen and oxygen atoms in total. The zero-order valence-electron chi connectivity index (χ0n) is 14.8. The molecular weight excluding hydrogens is 339 g/mol. The highest BCUT2D eigenvalue weighted by molar-refractivity contribution is 5.64. The van der Waals surface area contributed by atoms with Crippen LogP contribution in [0.4, 0.5) is 30.2 Å². The number of nitrogens with zero attached hydrogens (tertiary/aromatic N) is 1. The average Bonchev–Trinajstić information content (AvgIpc) is 2.62. The molecule has 0 aromatic heterocycles. The number of nitrogens with one attached hydrogen (secondary N) is 1. The molecule has 1 saturated heterocycles. The number of piperidine rings is 1. The van der Waals surface area contributed by atoms with Crippen molar-refractivity contribution in [2.24, 2.45) is 11.7 Å². The minimum Gasteiger partial charge on any atom is -0.372 e. The summed E-state index contributed by atoms with van der Waals surface area (Å²) in [6.07, 6.45) is -3.75. The number of hydrogen-bond donors (Lipinski definition) is 2. The van der Waals surface area contributed by atoms with E-state index in [0.29, 0.717) is 19.6 Å². The van der Waals surface area contributed by atoms with Gasteiger partial charge in [0.2, 0.25) is 0 Å². The van der Waals surface area contributed by atoms with Crippen molar-refractivity contribution in [3.63, 3.8) is 0 Å². The van der Waals surface area contributed by atoms with E-state index in [1.165, 1.54) is 0 Å². The van der Waals surface area contributed by atoms with Gasteiger partial charge in [-0.2, -0.15) is 13.2 Å². The molecule has 3 N–H and O–H groups in total. The highest BCUT2D eigenvalue weighted by Gasteiger charge is 2.41. The van der Waals surface area contributed by atoms with Gasteiger partial charge in [0.15, 0.2) is 0 Å². The lowest BCUT2D eigenvalue weighted by atomic mass is 9.96. The minimum atomic E-state index is -4.07. The van der Waals surface area contributed by atoms with Crippen molar-refractivity contribution in [3.05, 3.63) is 53.6 Å². The summed E-state index contributed by atoms with van der Waals surface area (Å²) in [5, 5.41) is 3.35. The molecule has 0 aliphatic carbocycles. The largest absolute Gasteiger partial charge is 0.391 e. The van der Waals surface area contributed by atoms with Gasteiger partial charge in [0.1, 0.15) is 0 Å². The van der Waals surface area contributed by atoms with Crippen LogP contribution in [0.1, 0.15) is 24.0 Å². The number of nitrogens with two attached hydrogens (primary N) is 1. The Morgan fingerprint density at radius 1 is 1.04 bits per heavy atom. The summed E-state index contributed by atoms with van der Waals surface area (Å²) in [4.78, 5) is 2.02. The van der Waals surface area contributed by atoms with Gasteiger partial charge in [-0.05, 0) is 67.3 Å². The highest BCUT2D eigenvalue weighted by atomic mass is 19.4. The van der Waals surface area contributed by atoms with E-state index in [0.717, 1.165) is 28.2 Å². The van der Waals surface area contributed by atoms with Crippen LogP contribution in [-0.2, 0) is 6.54 Å². The molecule has 0 saturated carbocycles. The molecule has 1 aliphatic heterocycles. The predicted molar refractivity (Wildman–Crippen MR) is 99.8 cm³/mol. The van der Waals surface area contributed by atoms with E-state index < -0.39 is 12.1 Å². The topological polar surface area (TPSA) is 41.3 Å². The Bertz CT molecular complexity index is 733. The summed E-state index contributed by atoms with van der Waals surface area (Å²) in [7, 11) is 0. The van der Waals surface area contributed by atoms with Crippen LogP contribution in [-0.4, -0.2) is 19.3 Å². The van der Waals surface area contributed by atoms with E-state index in [4.69, 9.17) is 5.73 Å². The number of aryl methyl sites for hydroxylation is 1. The summed E-state index contributed by atoms with van der Waals surface area (Å²) in [6.45, 7) is 3.43. The molecule has 140 valence electrons. The lowest BCUT2D eigenvalue weighted by Crippen LogP contribution is -2.38. The van der Waals surface area contributed by atoms with E-state index in [2.05, 4.69) is 11.4 Å². The Labute approximate surface area is 152 Å². The van der Waals surface area contributed by atoms with E-state index >= 15 is 0 Å². The van der Waals surface area contributed by atoms with Gasteiger partial charge in [-0.25, -0.2) is 0 Å². The van der Waals surface area contributed by atoms with Crippen molar-refractivity contribution < 1.29 is 13.2 Å². The summed E-state index contributed by atoms with van der Waals surface area (Å²) < 4.78 is 38.3. The van der Waals surface area contributed by atoms with Gasteiger partial charge in [0.05, 0.1) is 5.92 Å². The molecule has 6 heteroatoms. The molecule has 1 heterocycles. The molecule has 3 rings (SSSR count). The molecule has 0 bridgehead atoms. The van der Waals surface area contributed by atoms with Crippen molar-refractivity contribution in [1.29, 1.82) is 0 Å². The number of halogens is 3. The summed E-state index contributed by atoms with van der Waals surface area (Å²) in [5.41, 5.74) is 10.8. The number of anilines is 3. The maximum absolute atomic E-state index is 12.8. The molecule has 26 heavy (non-hydrogen) atoms. The zero-order chi connectivity index (χ0) is 18.7. The average molecular weight is 363 g/mol. The van der Waals surface area contributed by atoms with Gasteiger partial charge >= 0.3 is 6.18 Å². The molecule has 1 aliphatic rings. The zero-order valence-corrected chi connectivity index (χ0v) is 14.8. The van der Waals surface area contributed by atoms with Crippen LogP contribution >= 0.6 is 0 Å². The van der Waals surface area contributed by atoms with Gasteiger partial charge in [-0.15, -0.1) is 0 Å². The molecule has 0 unspecified atom stereocenters. The predicted octanol–water partition coefficient (Wildman–Crippen LogP) is 4.98. The van der Waals surface area contributed by atoms with Crippen molar-refractivity contribution in [2.75, 3.05) is 23.3 Å². The van der Waals surface area contributed by atoms with Crippen molar-refractivity contribution in [1.82, 2.24) is 0 Å². The molecule has 0 amide bonds. The normalized spacial score (nSPS) is 16.0. The first kappa shape index (κ1) is 18.6. The van der Waals surface area contributed by atoms with Crippen LogP contribution in [0.5, 0.6) is 0 Å². The van der Waals surface area contributed by atoms with Crippen molar-refractivity contribution in [2.45, 2.75) is 32.5 Å². The van der Waals surface area contributed by atoms with E-state index in [1.807, 2.05) is 48.2 Å². The first-order valence-electron chi connectivity index (χ1n) is 8.85. The fourth-order valence-electron chi connectivity index (χ4n) is 3.39. The lowest BCUT2D eigenvalue weighted by molar-refractivity contribution is -0.179. The van der Waals surface area contributed by atoms with Gasteiger partial charge in [-0.1, -0.05) is 6.07 Å². The third-order valence-corrected chi connectivity index (χ3v) is 5.04. The number of alkyl halides is 3. The second kappa shape index (κ2) is 7.58. The van der Waals surface area contributed by atoms with E-state index in [1.54, 1.807) is 0 Å². The SMILES string of the molecule is Cc1cc(Nc2ccc(N3CCC(C(F)(F)F)CC3)cc2)ccc1CN. The van der Waals surface area contributed by atoms with Crippen LogP contribution < -0.4 is 16.0 Å². The van der Waals surface area contributed by atoms with Crippen LogP contribution in [0.15, 0.2) is 42.5 Å². The summed E-state index contributed by atoms with van der Waals surface area (Å²) in [6, 6.07) is 13.9. The summed E-state index contributed by atoms with van der Waals surface area (Å²) >= 11 is 0. The van der Waals surface area contributed by atoms with Crippen LogP contribution in [0.2, 0.25) is 0 Å². The maximum atomic E-state index is 12.8. The third kappa shape index (κ3) is 4.30. The third-order valence-electron chi connectivity index (χ3n) is 5.04. The van der Waals surface area contributed by atoms with Gasteiger partial charge in [-0.3, -0.25) is 0 Å². The molecular formula is C20H24F3N3. The fourth-order valence-corrected chi connectivity index (χ4v) is 3.39. The Hall–Kier alpha value is -2.21. The van der Waals surface area contributed by atoms with Crippen LogP contribution in [0, 0.1) is 12.8 Å². The Morgan fingerprint density at radius 2 is 1.65 bits per heavy atom. The summed E-state index contributed by atoms with van der Waals surface area (Å²) in [5.74, 6) is -1.17. The van der Waals surface area contributed by atoms with Gasteiger partial charge in [0, 0.05) is 36.7 Å². The molecule has 1 fully saturated rings. The van der Waals surface area contributed by atoms with Crippen LogP contribution in [0.3, 0.4) is 0 Å². The van der Waals surface area contributed by atoms with Crippen LogP contribution in [0.25, 0.3) is 0 Å². The molecule has 0 radical (unpaired) electrons. The fraction of sp³-hybridized carbons (Fsp3) is 0.400. The second-order valence-corrected chi connectivity index (χ2v) is 6.82. The van der Waals surface area contributed by atoms with E-state index in [-0.39, 0.29) is 12.8 Å². The lowest BCUT2D eigenvalue weighted by Gasteiger charge is -2.34. The first-order chi connectivity index (χ1) is 12.4. The molecule has 0 atom stereocenters. The number of benzene rings is 2. The van der Waals surface area contributed by atoms with E-state index in [9.17, 15) is 13.2 Å². The second-order valence-electron chi connectivity index (χ2n) is 6.82. The van der Waals surface area contributed by atoms with Crippen molar-refractivity contribution >= 4 is 17.1 Å². The van der Waals surface area contributed by atoms with Crippen molar-refractivity contribution in [3.8, 4) is 0 Å². The monoisotopic (exact) mass is 363 g/mol. The Balaban J connectivity index is 1.61. The first-order valence-corrected chi connectivity index (χ1v) is 8.85. The maximum Gasteiger partial charge on any atom is 0.391 e. The molecule has 2 aromatic rings. The number of hydrogen-bond acceptors (Lipinski definition) is 3. The number of rotatable bonds is 4. The highest BCUT2D eigenvalue weighted by Crippen LogP contribution is 2.35. The quantitative estimate of drug-likeness (QED) is 0.805. The standard InChI is InChI=1S/C20H24F3N3/c1-14-12-18(3-2-15(14)13-24)25-17-4-6-19(7-5-17)26-10-8-16(9-11-26)20(21,22)23/h2-7,12,16,25H,8-11,13,24H2,1H3. The molecule has 0 spiro atoms. The van der Waals surface area contributed by atoms with Gasteiger partial charge in [0.25, 0.3) is 0 Å². The Kier molecular flexibility index (Phi) is 5.41.